The monoisotopic (exact) mass is 291 g/mol. The van der Waals surface area contributed by atoms with E-state index in [-0.39, 0.29) is 6.61 Å². The Balaban J connectivity index is 2.00. The van der Waals surface area contributed by atoms with Crippen LogP contribution in [0.4, 0.5) is 8.78 Å². The van der Waals surface area contributed by atoms with E-state index in [9.17, 15) is 8.78 Å². The number of halogens is 2. The van der Waals surface area contributed by atoms with Crippen molar-refractivity contribution in [3.63, 3.8) is 0 Å². The molecule has 2 aromatic carbocycles. The number of hydrogen-bond donors (Lipinski definition) is 1. The molecular weight excluding hydrogens is 272 g/mol. The molecule has 0 spiro atoms. The van der Waals surface area contributed by atoms with Gasteiger partial charge in [-0.3, -0.25) is 0 Å². The maximum Gasteiger partial charge on any atom is 0.159 e. The molecule has 0 aromatic heterocycles. The molecule has 0 saturated heterocycles. The molecule has 0 unspecified atom stereocenters. The minimum Gasteiger partial charge on any atom is -0.489 e. The molecule has 0 radical (unpaired) electrons. The molecule has 21 heavy (non-hydrogen) atoms. The van der Waals surface area contributed by atoms with Gasteiger partial charge in [-0.2, -0.15) is 0 Å². The molecule has 0 aliphatic heterocycles. The second-order valence-corrected chi connectivity index (χ2v) is 4.82. The van der Waals surface area contributed by atoms with Gasteiger partial charge in [-0.15, -0.1) is 0 Å². The quantitative estimate of drug-likeness (QED) is 0.777. The first kappa shape index (κ1) is 15.4. The summed E-state index contributed by atoms with van der Waals surface area (Å²) in [5, 5.41) is 3.32. The van der Waals surface area contributed by atoms with Gasteiger partial charge >= 0.3 is 0 Å². The summed E-state index contributed by atoms with van der Waals surface area (Å²) in [5.41, 5.74) is 1.65. The van der Waals surface area contributed by atoms with Crippen LogP contribution in [0.1, 0.15) is 24.5 Å². The number of rotatable bonds is 7. The van der Waals surface area contributed by atoms with E-state index < -0.39 is 11.6 Å². The fraction of sp³-hybridized carbons (Fsp3) is 0.294. The fourth-order valence-corrected chi connectivity index (χ4v) is 1.98. The summed E-state index contributed by atoms with van der Waals surface area (Å²) in [6.45, 7) is 3.99. The zero-order chi connectivity index (χ0) is 15.1. The first-order valence-electron chi connectivity index (χ1n) is 7.06. The average Bonchev–Trinajstić information content (AvgIpc) is 2.50. The third-order valence-electron chi connectivity index (χ3n) is 3.09. The largest absolute Gasteiger partial charge is 0.489 e. The van der Waals surface area contributed by atoms with Crippen LogP contribution < -0.4 is 10.1 Å². The van der Waals surface area contributed by atoms with Crippen molar-refractivity contribution in [1.29, 1.82) is 0 Å². The van der Waals surface area contributed by atoms with Gasteiger partial charge in [-0.05, 0) is 36.7 Å². The topological polar surface area (TPSA) is 21.3 Å². The van der Waals surface area contributed by atoms with Gasteiger partial charge in [-0.25, -0.2) is 8.78 Å². The Hall–Kier alpha value is -1.94. The van der Waals surface area contributed by atoms with E-state index in [0.717, 1.165) is 43.0 Å². The van der Waals surface area contributed by atoms with Crippen molar-refractivity contribution < 1.29 is 13.5 Å². The van der Waals surface area contributed by atoms with Crippen molar-refractivity contribution in [2.75, 3.05) is 6.54 Å². The summed E-state index contributed by atoms with van der Waals surface area (Å²) >= 11 is 0. The highest BCUT2D eigenvalue weighted by Crippen LogP contribution is 2.19. The van der Waals surface area contributed by atoms with E-state index in [1.807, 2.05) is 24.3 Å². The molecule has 0 heterocycles. The molecule has 1 N–H and O–H groups in total. The standard InChI is InChI=1S/C17H19F2NO/c1-2-9-20-11-14-5-3-4-6-17(14)21-12-13-7-8-15(18)16(19)10-13/h3-8,10,20H,2,9,11-12H2,1H3. The van der Waals surface area contributed by atoms with Crippen molar-refractivity contribution in [1.82, 2.24) is 5.32 Å². The molecular formula is C17H19F2NO. The molecule has 0 amide bonds. The van der Waals surface area contributed by atoms with Gasteiger partial charge in [-0.1, -0.05) is 31.2 Å². The van der Waals surface area contributed by atoms with Crippen molar-refractivity contribution >= 4 is 0 Å². The molecule has 2 nitrogen and oxygen atoms in total. The predicted octanol–water partition coefficient (Wildman–Crippen LogP) is 4.04. The van der Waals surface area contributed by atoms with Crippen molar-refractivity contribution in [2.24, 2.45) is 0 Å². The highest BCUT2D eigenvalue weighted by atomic mass is 19.2. The number of para-hydroxylation sites is 1. The molecule has 2 aromatic rings. The zero-order valence-corrected chi connectivity index (χ0v) is 12.0. The normalized spacial score (nSPS) is 10.6. The Kier molecular flexibility index (Phi) is 5.69. The molecule has 0 atom stereocenters. The molecule has 0 aliphatic carbocycles. The predicted molar refractivity (Wildman–Crippen MR) is 79.1 cm³/mol. The summed E-state index contributed by atoms with van der Waals surface area (Å²) in [4.78, 5) is 0. The lowest BCUT2D eigenvalue weighted by molar-refractivity contribution is 0.301. The minimum atomic E-state index is -0.853. The summed E-state index contributed by atoms with van der Waals surface area (Å²) in [7, 11) is 0. The van der Waals surface area contributed by atoms with Crippen molar-refractivity contribution in [2.45, 2.75) is 26.5 Å². The molecule has 0 aliphatic rings. The van der Waals surface area contributed by atoms with Crippen LogP contribution in [0.3, 0.4) is 0 Å². The van der Waals surface area contributed by atoms with E-state index in [4.69, 9.17) is 4.74 Å². The summed E-state index contributed by atoms with van der Waals surface area (Å²) in [6, 6.07) is 11.5. The van der Waals surface area contributed by atoms with Crippen LogP contribution in [0.5, 0.6) is 5.75 Å². The van der Waals surface area contributed by atoms with E-state index in [0.29, 0.717) is 5.56 Å². The fourth-order valence-electron chi connectivity index (χ4n) is 1.98. The third kappa shape index (κ3) is 4.53. The maximum absolute atomic E-state index is 13.1. The van der Waals surface area contributed by atoms with Gasteiger partial charge in [0.1, 0.15) is 12.4 Å². The van der Waals surface area contributed by atoms with Gasteiger partial charge in [0.2, 0.25) is 0 Å². The molecule has 0 bridgehead atoms. The Morgan fingerprint density at radius 2 is 1.86 bits per heavy atom. The second-order valence-electron chi connectivity index (χ2n) is 4.82. The van der Waals surface area contributed by atoms with Crippen LogP contribution in [0.15, 0.2) is 42.5 Å². The number of hydrogen-bond acceptors (Lipinski definition) is 2. The van der Waals surface area contributed by atoms with Crippen LogP contribution in [-0.2, 0) is 13.2 Å². The van der Waals surface area contributed by atoms with Crippen LogP contribution in [0.25, 0.3) is 0 Å². The van der Waals surface area contributed by atoms with Crippen molar-refractivity contribution in [3.8, 4) is 5.75 Å². The molecule has 2 rings (SSSR count). The highest BCUT2D eigenvalue weighted by molar-refractivity contribution is 5.33. The van der Waals surface area contributed by atoms with Crippen LogP contribution in [-0.4, -0.2) is 6.54 Å². The minimum absolute atomic E-state index is 0.210. The Bertz CT molecular complexity index is 587. The van der Waals surface area contributed by atoms with E-state index >= 15 is 0 Å². The SMILES string of the molecule is CCCNCc1ccccc1OCc1ccc(F)c(F)c1. The van der Waals surface area contributed by atoms with E-state index in [1.54, 1.807) is 0 Å². The number of nitrogens with one attached hydrogen (secondary N) is 1. The maximum atomic E-state index is 13.1. The Morgan fingerprint density at radius 1 is 1.05 bits per heavy atom. The van der Waals surface area contributed by atoms with E-state index in [2.05, 4.69) is 12.2 Å². The zero-order valence-electron chi connectivity index (χ0n) is 12.0. The smallest absolute Gasteiger partial charge is 0.159 e. The first-order chi connectivity index (χ1) is 10.2. The lowest BCUT2D eigenvalue weighted by atomic mass is 10.2. The molecule has 112 valence electrons. The summed E-state index contributed by atoms with van der Waals surface area (Å²) in [6.07, 6.45) is 1.07. The Morgan fingerprint density at radius 3 is 2.62 bits per heavy atom. The van der Waals surface area contributed by atoms with Gasteiger partial charge in [0.25, 0.3) is 0 Å². The van der Waals surface area contributed by atoms with E-state index in [1.165, 1.54) is 6.07 Å². The van der Waals surface area contributed by atoms with Crippen LogP contribution in [0.2, 0.25) is 0 Å². The molecule has 0 saturated carbocycles. The number of ether oxygens (including phenoxy) is 1. The molecule has 4 heteroatoms. The average molecular weight is 291 g/mol. The lowest BCUT2D eigenvalue weighted by Crippen LogP contribution is -2.14. The van der Waals surface area contributed by atoms with Gasteiger partial charge in [0, 0.05) is 12.1 Å². The third-order valence-corrected chi connectivity index (χ3v) is 3.09. The summed E-state index contributed by atoms with van der Waals surface area (Å²) in [5.74, 6) is -0.942. The lowest BCUT2D eigenvalue weighted by Gasteiger charge is -2.12. The van der Waals surface area contributed by atoms with Gasteiger partial charge in [0.15, 0.2) is 11.6 Å². The molecule has 0 fully saturated rings. The number of benzene rings is 2. The van der Waals surface area contributed by atoms with Gasteiger partial charge < -0.3 is 10.1 Å². The highest BCUT2D eigenvalue weighted by Gasteiger charge is 2.05. The first-order valence-corrected chi connectivity index (χ1v) is 7.06. The summed E-state index contributed by atoms with van der Waals surface area (Å²) < 4.78 is 31.7. The van der Waals surface area contributed by atoms with Crippen LogP contribution in [0, 0.1) is 11.6 Å². The second kappa shape index (κ2) is 7.74. The van der Waals surface area contributed by atoms with Gasteiger partial charge in [0.05, 0.1) is 0 Å². The van der Waals surface area contributed by atoms with Crippen LogP contribution >= 0.6 is 0 Å². The van der Waals surface area contributed by atoms with Crippen molar-refractivity contribution in [3.05, 3.63) is 65.2 Å². The Labute approximate surface area is 123 Å².